The highest BCUT2D eigenvalue weighted by Gasteiger charge is 2.20. The number of carbonyl (C=O) groups is 1. The summed E-state index contributed by atoms with van der Waals surface area (Å²) in [6, 6.07) is 17.7. The molecule has 0 atom stereocenters. The first-order chi connectivity index (χ1) is 14.2. The Bertz CT molecular complexity index is 1200. The number of hydrogen-bond donors (Lipinski definition) is 2. The number of amides is 1. The van der Waals surface area contributed by atoms with Gasteiger partial charge >= 0.3 is 0 Å². The highest BCUT2D eigenvalue weighted by Crippen LogP contribution is 2.27. The summed E-state index contributed by atoms with van der Waals surface area (Å²) in [6.07, 6.45) is 1.93. The Morgan fingerprint density at radius 3 is 2.30 bits per heavy atom. The average Bonchev–Trinajstić information content (AvgIpc) is 2.70. The lowest BCUT2D eigenvalue weighted by Crippen LogP contribution is -2.17. The summed E-state index contributed by atoms with van der Waals surface area (Å²) in [5, 5.41) is 2.87. The van der Waals surface area contributed by atoms with Gasteiger partial charge in [-0.25, -0.2) is 8.42 Å². The largest absolute Gasteiger partial charge is 0.321 e. The summed E-state index contributed by atoms with van der Waals surface area (Å²) in [6.45, 7) is 5.51. The normalized spacial score (nSPS) is 11.2. The van der Waals surface area contributed by atoms with Crippen molar-refractivity contribution in [1.29, 1.82) is 0 Å². The predicted octanol–water partition coefficient (Wildman–Crippen LogP) is 5.39. The van der Waals surface area contributed by atoms with E-state index >= 15 is 0 Å². The van der Waals surface area contributed by atoms with Gasteiger partial charge in [-0.3, -0.25) is 9.52 Å². The lowest BCUT2D eigenvalue weighted by atomic mass is 10.1. The van der Waals surface area contributed by atoms with Gasteiger partial charge in [0.05, 0.1) is 16.3 Å². The second-order valence-electron chi connectivity index (χ2n) is 7.06. The molecule has 30 heavy (non-hydrogen) atoms. The quantitative estimate of drug-likeness (QED) is 0.504. The van der Waals surface area contributed by atoms with Gasteiger partial charge < -0.3 is 5.32 Å². The zero-order valence-corrected chi connectivity index (χ0v) is 18.9. The number of anilines is 2. The van der Waals surface area contributed by atoms with Gasteiger partial charge in [-0.15, -0.1) is 11.8 Å². The van der Waals surface area contributed by atoms with Crippen LogP contribution < -0.4 is 10.0 Å². The summed E-state index contributed by atoms with van der Waals surface area (Å²) in [5.74, 6) is -0.362. The molecule has 3 aromatic carbocycles. The second-order valence-corrected chi connectivity index (χ2v) is 9.56. The molecular formula is C23H24N2O3S2. The van der Waals surface area contributed by atoms with Crippen LogP contribution in [0.3, 0.4) is 0 Å². The predicted molar refractivity (Wildman–Crippen MR) is 124 cm³/mol. The van der Waals surface area contributed by atoms with Crippen LogP contribution in [0.4, 0.5) is 11.4 Å². The topological polar surface area (TPSA) is 75.3 Å². The van der Waals surface area contributed by atoms with Crippen LogP contribution in [-0.4, -0.2) is 20.6 Å². The number of thioether (sulfide) groups is 1. The van der Waals surface area contributed by atoms with E-state index < -0.39 is 10.0 Å². The molecule has 2 N–H and O–H groups in total. The standard InChI is InChI=1S/C23H24N2O3S2/c1-15-9-12-19(17(3)13-15)25-30(27,28)22-14-18(11-10-16(22)2)23(26)24-20-7-5-6-8-21(20)29-4/h5-14,25H,1-4H3,(H,24,26). The molecule has 5 nitrogen and oxygen atoms in total. The smallest absolute Gasteiger partial charge is 0.262 e. The molecule has 1 amide bonds. The highest BCUT2D eigenvalue weighted by atomic mass is 32.2. The maximum absolute atomic E-state index is 13.0. The number of hydrogen-bond acceptors (Lipinski definition) is 4. The van der Waals surface area contributed by atoms with E-state index in [1.54, 1.807) is 25.1 Å². The molecule has 0 bridgehead atoms. The third-order valence-electron chi connectivity index (χ3n) is 4.72. The molecular weight excluding hydrogens is 416 g/mol. The number of aryl methyl sites for hydroxylation is 3. The van der Waals surface area contributed by atoms with Gasteiger partial charge in [0.1, 0.15) is 0 Å². The van der Waals surface area contributed by atoms with Crippen LogP contribution in [0.1, 0.15) is 27.0 Å². The summed E-state index contributed by atoms with van der Waals surface area (Å²) in [7, 11) is -3.86. The monoisotopic (exact) mass is 440 g/mol. The molecule has 0 aromatic heterocycles. The third kappa shape index (κ3) is 4.86. The number of benzene rings is 3. The van der Waals surface area contributed by atoms with Crippen molar-refractivity contribution in [3.05, 3.63) is 82.9 Å². The van der Waals surface area contributed by atoms with E-state index in [-0.39, 0.29) is 16.4 Å². The Balaban J connectivity index is 1.91. The minimum absolute atomic E-state index is 0.0771. The van der Waals surface area contributed by atoms with Crippen LogP contribution in [0.25, 0.3) is 0 Å². The Hall–Kier alpha value is -2.77. The van der Waals surface area contributed by atoms with E-state index in [0.29, 0.717) is 16.9 Å². The van der Waals surface area contributed by atoms with E-state index in [2.05, 4.69) is 10.0 Å². The maximum Gasteiger partial charge on any atom is 0.262 e. The first-order valence-electron chi connectivity index (χ1n) is 9.36. The molecule has 0 aliphatic carbocycles. The molecule has 7 heteroatoms. The van der Waals surface area contributed by atoms with Crippen molar-refractivity contribution in [1.82, 2.24) is 0 Å². The summed E-state index contributed by atoms with van der Waals surface area (Å²) >= 11 is 1.53. The van der Waals surface area contributed by atoms with Gasteiger partial charge in [0.15, 0.2) is 0 Å². The Labute approximate surface area is 182 Å². The van der Waals surface area contributed by atoms with E-state index in [9.17, 15) is 13.2 Å². The van der Waals surface area contributed by atoms with Crippen molar-refractivity contribution >= 4 is 39.1 Å². The minimum atomic E-state index is -3.86. The molecule has 0 aliphatic heterocycles. The molecule has 0 heterocycles. The van der Waals surface area contributed by atoms with E-state index in [1.165, 1.54) is 17.8 Å². The molecule has 0 aliphatic rings. The van der Waals surface area contributed by atoms with Crippen LogP contribution >= 0.6 is 11.8 Å². The molecule has 0 spiro atoms. The summed E-state index contributed by atoms with van der Waals surface area (Å²) < 4.78 is 28.7. The lowest BCUT2D eigenvalue weighted by Gasteiger charge is -2.14. The maximum atomic E-state index is 13.0. The van der Waals surface area contributed by atoms with Crippen LogP contribution in [0.15, 0.2) is 70.5 Å². The molecule has 156 valence electrons. The summed E-state index contributed by atoms with van der Waals surface area (Å²) in [4.78, 5) is 13.8. The Morgan fingerprint density at radius 2 is 1.60 bits per heavy atom. The molecule has 0 radical (unpaired) electrons. The zero-order chi connectivity index (χ0) is 21.9. The lowest BCUT2D eigenvalue weighted by molar-refractivity contribution is 0.102. The van der Waals surface area contributed by atoms with Gasteiger partial charge in [0, 0.05) is 10.5 Å². The molecule has 0 unspecified atom stereocenters. The number of para-hydroxylation sites is 1. The van der Waals surface area contributed by atoms with E-state index in [4.69, 9.17) is 0 Å². The fraction of sp³-hybridized carbons (Fsp3) is 0.174. The number of rotatable bonds is 6. The van der Waals surface area contributed by atoms with Gasteiger partial charge in [0.2, 0.25) is 0 Å². The second kappa shape index (κ2) is 8.93. The molecule has 0 saturated heterocycles. The van der Waals surface area contributed by atoms with Crippen molar-refractivity contribution in [2.45, 2.75) is 30.6 Å². The third-order valence-corrected chi connectivity index (χ3v) is 7.02. The van der Waals surface area contributed by atoms with E-state index in [1.807, 2.05) is 56.5 Å². The van der Waals surface area contributed by atoms with Crippen molar-refractivity contribution in [3.63, 3.8) is 0 Å². The fourth-order valence-electron chi connectivity index (χ4n) is 3.10. The Kier molecular flexibility index (Phi) is 6.53. The van der Waals surface area contributed by atoms with E-state index in [0.717, 1.165) is 16.0 Å². The van der Waals surface area contributed by atoms with Crippen LogP contribution in [0.2, 0.25) is 0 Å². The summed E-state index contributed by atoms with van der Waals surface area (Å²) in [5.41, 5.74) is 3.93. The van der Waals surface area contributed by atoms with Crippen molar-refractivity contribution in [2.24, 2.45) is 0 Å². The SMILES string of the molecule is CSc1ccccc1NC(=O)c1ccc(C)c(S(=O)(=O)Nc2ccc(C)cc2C)c1. The minimum Gasteiger partial charge on any atom is -0.321 e. The zero-order valence-electron chi connectivity index (χ0n) is 17.3. The van der Waals surface area contributed by atoms with Gasteiger partial charge in [-0.05, 0) is 68.5 Å². The average molecular weight is 441 g/mol. The number of nitrogens with one attached hydrogen (secondary N) is 2. The van der Waals surface area contributed by atoms with Crippen molar-refractivity contribution < 1.29 is 13.2 Å². The molecule has 0 saturated carbocycles. The van der Waals surface area contributed by atoms with Crippen LogP contribution in [0, 0.1) is 20.8 Å². The molecule has 0 fully saturated rings. The van der Waals surface area contributed by atoms with Crippen LogP contribution in [0.5, 0.6) is 0 Å². The molecule has 3 aromatic rings. The first kappa shape index (κ1) is 21.9. The van der Waals surface area contributed by atoms with Gasteiger partial charge in [-0.2, -0.15) is 0 Å². The van der Waals surface area contributed by atoms with Gasteiger partial charge in [-0.1, -0.05) is 35.9 Å². The fourth-order valence-corrected chi connectivity index (χ4v) is 5.06. The van der Waals surface area contributed by atoms with Crippen molar-refractivity contribution in [2.75, 3.05) is 16.3 Å². The van der Waals surface area contributed by atoms with Gasteiger partial charge in [0.25, 0.3) is 15.9 Å². The first-order valence-corrected chi connectivity index (χ1v) is 12.1. The van der Waals surface area contributed by atoms with Crippen molar-refractivity contribution in [3.8, 4) is 0 Å². The highest BCUT2D eigenvalue weighted by molar-refractivity contribution is 7.98. The number of carbonyl (C=O) groups excluding carboxylic acids is 1. The Morgan fingerprint density at radius 1 is 0.867 bits per heavy atom. The molecule has 3 rings (SSSR count). The number of sulfonamides is 1. The van der Waals surface area contributed by atoms with Crippen LogP contribution in [-0.2, 0) is 10.0 Å².